The van der Waals surface area contributed by atoms with Crippen molar-refractivity contribution in [3.05, 3.63) is 24.3 Å². The Kier molecular flexibility index (Phi) is 4.20. The molecule has 4 nitrogen and oxygen atoms in total. The van der Waals surface area contributed by atoms with Crippen LogP contribution in [-0.4, -0.2) is 23.2 Å². The molecule has 0 bridgehead atoms. The lowest BCUT2D eigenvalue weighted by molar-refractivity contribution is -0.114. The summed E-state index contributed by atoms with van der Waals surface area (Å²) in [5.41, 5.74) is 1.77. The van der Waals surface area contributed by atoms with Gasteiger partial charge in [-0.05, 0) is 37.1 Å². The minimum atomic E-state index is -0.256. The second-order valence-corrected chi connectivity index (χ2v) is 4.86. The zero-order valence-electron chi connectivity index (χ0n) is 10.6. The first-order chi connectivity index (χ1) is 8.65. The molecule has 2 rings (SSSR count). The van der Waals surface area contributed by atoms with Crippen molar-refractivity contribution in [2.45, 2.75) is 44.8 Å². The van der Waals surface area contributed by atoms with Crippen LogP contribution in [0.5, 0.6) is 0 Å². The molecule has 1 fully saturated rings. The number of benzene rings is 1. The SMILES string of the molecule is CC(=O)Nc1ccc(N[C@H]2CCCC[C@@H]2O)cc1. The van der Waals surface area contributed by atoms with Gasteiger partial charge in [-0.3, -0.25) is 4.79 Å². The van der Waals surface area contributed by atoms with Crippen LogP contribution in [0.4, 0.5) is 11.4 Å². The van der Waals surface area contributed by atoms with Gasteiger partial charge in [0.05, 0.1) is 12.1 Å². The van der Waals surface area contributed by atoms with Crippen LogP contribution in [0.1, 0.15) is 32.6 Å². The van der Waals surface area contributed by atoms with Crippen molar-refractivity contribution in [2.75, 3.05) is 10.6 Å². The summed E-state index contributed by atoms with van der Waals surface area (Å²) in [5, 5.41) is 16.0. The molecule has 18 heavy (non-hydrogen) atoms. The Balaban J connectivity index is 1.95. The zero-order chi connectivity index (χ0) is 13.0. The number of carbonyl (C=O) groups excluding carboxylic acids is 1. The van der Waals surface area contributed by atoms with Crippen LogP contribution in [0.25, 0.3) is 0 Å². The summed E-state index contributed by atoms with van der Waals surface area (Å²) < 4.78 is 0. The summed E-state index contributed by atoms with van der Waals surface area (Å²) in [7, 11) is 0. The highest BCUT2D eigenvalue weighted by Gasteiger charge is 2.22. The Hall–Kier alpha value is -1.55. The fourth-order valence-corrected chi connectivity index (χ4v) is 2.35. The van der Waals surface area contributed by atoms with Crippen LogP contribution >= 0.6 is 0 Å². The number of aliphatic hydroxyl groups excluding tert-OH is 1. The molecule has 1 amide bonds. The molecule has 4 heteroatoms. The van der Waals surface area contributed by atoms with Crippen molar-refractivity contribution in [3.63, 3.8) is 0 Å². The van der Waals surface area contributed by atoms with Crippen LogP contribution in [0, 0.1) is 0 Å². The molecule has 0 aliphatic heterocycles. The van der Waals surface area contributed by atoms with E-state index in [0.717, 1.165) is 30.6 Å². The predicted octanol–water partition coefficient (Wildman–Crippen LogP) is 2.36. The number of aliphatic hydroxyl groups is 1. The van der Waals surface area contributed by atoms with Gasteiger partial charge in [0.2, 0.25) is 5.91 Å². The second-order valence-electron chi connectivity index (χ2n) is 4.86. The lowest BCUT2D eigenvalue weighted by Crippen LogP contribution is -2.36. The topological polar surface area (TPSA) is 61.4 Å². The summed E-state index contributed by atoms with van der Waals surface area (Å²) in [6.45, 7) is 1.49. The first kappa shape index (κ1) is 12.9. The average Bonchev–Trinajstić information content (AvgIpc) is 2.34. The van der Waals surface area contributed by atoms with Crippen LogP contribution in [-0.2, 0) is 4.79 Å². The van der Waals surface area contributed by atoms with Crippen molar-refractivity contribution >= 4 is 17.3 Å². The van der Waals surface area contributed by atoms with Gasteiger partial charge in [-0.15, -0.1) is 0 Å². The number of hydrogen-bond donors (Lipinski definition) is 3. The van der Waals surface area contributed by atoms with E-state index in [1.165, 1.54) is 13.3 Å². The van der Waals surface area contributed by atoms with Gasteiger partial charge >= 0.3 is 0 Å². The fourth-order valence-electron chi connectivity index (χ4n) is 2.35. The van der Waals surface area contributed by atoms with Gasteiger partial charge in [-0.25, -0.2) is 0 Å². The highest BCUT2D eigenvalue weighted by molar-refractivity contribution is 5.88. The summed E-state index contributed by atoms with van der Waals surface area (Å²) >= 11 is 0. The third kappa shape index (κ3) is 3.47. The number of rotatable bonds is 3. The Morgan fingerprint density at radius 2 is 1.78 bits per heavy atom. The third-order valence-electron chi connectivity index (χ3n) is 3.29. The molecule has 1 saturated carbocycles. The van der Waals surface area contributed by atoms with Crippen LogP contribution in [0.2, 0.25) is 0 Å². The molecule has 0 spiro atoms. The molecule has 1 aliphatic carbocycles. The first-order valence-corrected chi connectivity index (χ1v) is 6.47. The van der Waals surface area contributed by atoms with Crippen molar-refractivity contribution in [3.8, 4) is 0 Å². The van der Waals surface area contributed by atoms with Crippen LogP contribution in [0.3, 0.4) is 0 Å². The molecule has 0 saturated heterocycles. The number of anilines is 2. The second kappa shape index (κ2) is 5.87. The smallest absolute Gasteiger partial charge is 0.221 e. The quantitative estimate of drug-likeness (QED) is 0.769. The molecule has 2 atom stereocenters. The van der Waals surface area contributed by atoms with E-state index in [1.807, 2.05) is 24.3 Å². The largest absolute Gasteiger partial charge is 0.391 e. The number of amides is 1. The molecular formula is C14H20N2O2. The van der Waals surface area contributed by atoms with Gasteiger partial charge in [-0.1, -0.05) is 12.8 Å². The predicted molar refractivity (Wildman–Crippen MR) is 72.6 cm³/mol. The van der Waals surface area contributed by atoms with Gasteiger partial charge in [0, 0.05) is 18.3 Å². The minimum Gasteiger partial charge on any atom is -0.391 e. The molecule has 98 valence electrons. The molecule has 1 aliphatic rings. The monoisotopic (exact) mass is 248 g/mol. The molecule has 1 aromatic rings. The third-order valence-corrected chi connectivity index (χ3v) is 3.29. The molecule has 3 N–H and O–H groups in total. The lowest BCUT2D eigenvalue weighted by Gasteiger charge is -2.29. The average molecular weight is 248 g/mol. The maximum absolute atomic E-state index is 10.9. The molecule has 0 radical (unpaired) electrons. The number of carbonyl (C=O) groups is 1. The molecule has 1 aromatic carbocycles. The van der Waals surface area contributed by atoms with Gasteiger partial charge in [0.1, 0.15) is 0 Å². The summed E-state index contributed by atoms with van der Waals surface area (Å²) in [5.74, 6) is -0.0709. The van der Waals surface area contributed by atoms with E-state index < -0.39 is 0 Å². The normalized spacial score (nSPS) is 23.4. The van der Waals surface area contributed by atoms with E-state index in [4.69, 9.17) is 0 Å². The van der Waals surface area contributed by atoms with Gasteiger partial charge in [0.25, 0.3) is 0 Å². The fraction of sp³-hybridized carbons (Fsp3) is 0.500. The summed E-state index contributed by atoms with van der Waals surface area (Å²) in [6.07, 6.45) is 3.91. The Morgan fingerprint density at radius 1 is 1.17 bits per heavy atom. The molecule has 0 unspecified atom stereocenters. The Bertz CT molecular complexity index is 403. The molecule has 0 aromatic heterocycles. The van der Waals surface area contributed by atoms with E-state index in [0.29, 0.717) is 0 Å². The summed E-state index contributed by atoms with van der Waals surface area (Å²) in [4.78, 5) is 10.9. The first-order valence-electron chi connectivity index (χ1n) is 6.47. The van der Waals surface area contributed by atoms with E-state index in [2.05, 4.69) is 10.6 Å². The maximum Gasteiger partial charge on any atom is 0.221 e. The van der Waals surface area contributed by atoms with E-state index >= 15 is 0 Å². The van der Waals surface area contributed by atoms with Crippen LogP contribution < -0.4 is 10.6 Å². The lowest BCUT2D eigenvalue weighted by atomic mass is 9.92. The number of nitrogens with one attached hydrogen (secondary N) is 2. The van der Waals surface area contributed by atoms with E-state index in [1.54, 1.807) is 0 Å². The zero-order valence-corrected chi connectivity index (χ0v) is 10.6. The van der Waals surface area contributed by atoms with Crippen LogP contribution in [0.15, 0.2) is 24.3 Å². The van der Waals surface area contributed by atoms with Crippen molar-refractivity contribution in [1.29, 1.82) is 0 Å². The minimum absolute atomic E-state index is 0.0709. The molecular weight excluding hydrogens is 228 g/mol. The van der Waals surface area contributed by atoms with E-state index in [-0.39, 0.29) is 18.1 Å². The van der Waals surface area contributed by atoms with Gasteiger partial charge in [0.15, 0.2) is 0 Å². The van der Waals surface area contributed by atoms with Gasteiger partial charge < -0.3 is 15.7 Å². The van der Waals surface area contributed by atoms with Crippen molar-refractivity contribution in [2.24, 2.45) is 0 Å². The molecule has 0 heterocycles. The Labute approximate surface area is 107 Å². The highest BCUT2D eigenvalue weighted by atomic mass is 16.3. The van der Waals surface area contributed by atoms with Gasteiger partial charge in [-0.2, -0.15) is 0 Å². The standard InChI is InChI=1S/C14H20N2O2/c1-10(17)15-11-6-8-12(9-7-11)16-13-4-2-3-5-14(13)18/h6-9,13-14,16,18H,2-5H2,1H3,(H,15,17)/t13-,14-/m0/s1. The van der Waals surface area contributed by atoms with E-state index in [9.17, 15) is 9.90 Å². The summed E-state index contributed by atoms with van der Waals surface area (Å²) in [6, 6.07) is 7.71. The van der Waals surface area contributed by atoms with Crippen molar-refractivity contribution in [1.82, 2.24) is 0 Å². The maximum atomic E-state index is 10.9. The van der Waals surface area contributed by atoms with Crippen molar-refractivity contribution < 1.29 is 9.90 Å². The Morgan fingerprint density at radius 3 is 2.39 bits per heavy atom. The number of hydrogen-bond acceptors (Lipinski definition) is 3. The highest BCUT2D eigenvalue weighted by Crippen LogP contribution is 2.23.